The maximum absolute atomic E-state index is 6.51. The van der Waals surface area contributed by atoms with E-state index in [1.807, 2.05) is 0 Å². The predicted octanol–water partition coefficient (Wildman–Crippen LogP) is 8.26. The van der Waals surface area contributed by atoms with Gasteiger partial charge in [-0.3, -0.25) is 0 Å². The van der Waals surface area contributed by atoms with Gasteiger partial charge >= 0.3 is 0 Å². The predicted molar refractivity (Wildman–Crippen MR) is 122 cm³/mol. The second-order valence-corrected chi connectivity index (χ2v) is 8.86. The lowest BCUT2D eigenvalue weighted by molar-refractivity contribution is -0.396. The highest BCUT2D eigenvalue weighted by Crippen LogP contribution is 2.28. The van der Waals surface area contributed by atoms with Crippen LogP contribution in [-0.2, 0) is 14.2 Å². The number of unbranched alkanes of at least 4 members (excludes halogenated alkanes) is 8. The van der Waals surface area contributed by atoms with Gasteiger partial charge in [0.15, 0.2) is 0 Å². The second-order valence-electron chi connectivity index (χ2n) is 8.86. The molecular weight excluding hydrogens is 348 g/mol. The summed E-state index contributed by atoms with van der Waals surface area (Å²) in [5.41, 5.74) is 0. The molecule has 3 heteroatoms. The molecule has 0 aliphatic heterocycles. The average Bonchev–Trinajstić information content (AvgIpc) is 2.67. The summed E-state index contributed by atoms with van der Waals surface area (Å²) < 4.78 is 19.2. The maximum atomic E-state index is 6.51. The van der Waals surface area contributed by atoms with Crippen molar-refractivity contribution < 1.29 is 14.2 Å². The molecule has 28 heavy (non-hydrogen) atoms. The van der Waals surface area contributed by atoms with Crippen molar-refractivity contribution in [1.82, 2.24) is 0 Å². The van der Waals surface area contributed by atoms with E-state index in [-0.39, 0.29) is 6.10 Å². The highest BCUT2D eigenvalue weighted by Gasteiger charge is 2.35. The van der Waals surface area contributed by atoms with Crippen molar-refractivity contribution in [3.63, 3.8) is 0 Å². The molecule has 0 spiro atoms. The molecule has 0 fully saturated rings. The van der Waals surface area contributed by atoms with Gasteiger partial charge in [0, 0.05) is 6.42 Å². The van der Waals surface area contributed by atoms with E-state index >= 15 is 0 Å². The third kappa shape index (κ3) is 15.8. The highest BCUT2D eigenvalue weighted by atomic mass is 16.9. The molecule has 0 bridgehead atoms. The lowest BCUT2D eigenvalue weighted by Crippen LogP contribution is -2.42. The van der Waals surface area contributed by atoms with Gasteiger partial charge in [-0.15, -0.1) is 0 Å². The Labute approximate surface area is 177 Å². The summed E-state index contributed by atoms with van der Waals surface area (Å²) >= 11 is 0. The molecule has 0 aromatic carbocycles. The van der Waals surface area contributed by atoms with Crippen molar-refractivity contribution in [2.24, 2.45) is 5.92 Å². The fourth-order valence-electron chi connectivity index (χ4n) is 3.35. The van der Waals surface area contributed by atoms with E-state index in [4.69, 9.17) is 14.2 Å². The molecule has 0 N–H and O–H groups in total. The van der Waals surface area contributed by atoms with Crippen LogP contribution in [0.4, 0.5) is 0 Å². The van der Waals surface area contributed by atoms with E-state index in [1.54, 1.807) is 0 Å². The van der Waals surface area contributed by atoms with Crippen molar-refractivity contribution in [3.8, 4) is 0 Å². The Morgan fingerprint density at radius 1 is 0.607 bits per heavy atom. The van der Waals surface area contributed by atoms with Gasteiger partial charge in [-0.1, -0.05) is 86.0 Å². The van der Waals surface area contributed by atoms with Gasteiger partial charge in [0.25, 0.3) is 5.97 Å². The Kier molecular flexibility index (Phi) is 18.8. The van der Waals surface area contributed by atoms with Crippen LogP contribution in [0.3, 0.4) is 0 Å². The van der Waals surface area contributed by atoms with Gasteiger partial charge in [0.1, 0.15) is 0 Å². The SMILES string of the molecule is CCCCCCOC(CCCCCC)(OCCCCC)OC(C)CCC(C)C. The van der Waals surface area contributed by atoms with E-state index in [0.29, 0.717) is 5.92 Å². The zero-order valence-electron chi connectivity index (χ0n) is 20.2. The Morgan fingerprint density at radius 3 is 1.64 bits per heavy atom. The van der Waals surface area contributed by atoms with Gasteiger partial charge < -0.3 is 14.2 Å². The summed E-state index contributed by atoms with van der Waals surface area (Å²) in [6.07, 6.45) is 16.4. The first-order chi connectivity index (χ1) is 13.5. The normalized spacial score (nSPS) is 15.1. The van der Waals surface area contributed by atoms with Crippen LogP contribution in [0, 0.1) is 5.92 Å². The Bertz CT molecular complexity index is 305. The standard InChI is InChI=1S/C25H52O3/c1-7-10-13-15-20-25(26-21-16-12-9-3,27-22-17-14-11-8-2)28-24(6)19-18-23(4)5/h23-24H,7-22H2,1-6H3. The summed E-state index contributed by atoms with van der Waals surface area (Å²) in [6, 6.07) is 0. The van der Waals surface area contributed by atoms with Gasteiger partial charge in [-0.05, 0) is 44.9 Å². The number of hydrogen-bond acceptors (Lipinski definition) is 3. The smallest absolute Gasteiger partial charge is 0.283 e. The van der Waals surface area contributed by atoms with Crippen molar-refractivity contribution in [3.05, 3.63) is 0 Å². The van der Waals surface area contributed by atoms with Crippen LogP contribution < -0.4 is 0 Å². The summed E-state index contributed by atoms with van der Waals surface area (Å²) in [4.78, 5) is 0. The van der Waals surface area contributed by atoms with E-state index in [1.165, 1.54) is 57.8 Å². The first-order valence-corrected chi connectivity index (χ1v) is 12.4. The third-order valence-electron chi connectivity index (χ3n) is 5.26. The fourth-order valence-corrected chi connectivity index (χ4v) is 3.35. The lowest BCUT2D eigenvalue weighted by atomic mass is 10.1. The topological polar surface area (TPSA) is 27.7 Å². The van der Waals surface area contributed by atoms with Crippen LogP contribution >= 0.6 is 0 Å². The van der Waals surface area contributed by atoms with E-state index in [9.17, 15) is 0 Å². The largest absolute Gasteiger partial charge is 0.327 e. The summed E-state index contributed by atoms with van der Waals surface area (Å²) in [5, 5.41) is 0. The molecule has 0 aromatic rings. The minimum absolute atomic E-state index is 0.162. The quantitative estimate of drug-likeness (QED) is 0.143. The zero-order valence-corrected chi connectivity index (χ0v) is 20.2. The molecule has 0 amide bonds. The molecule has 0 aliphatic rings. The van der Waals surface area contributed by atoms with Crippen molar-refractivity contribution in [2.75, 3.05) is 13.2 Å². The first kappa shape index (κ1) is 27.9. The van der Waals surface area contributed by atoms with Crippen LogP contribution in [0.1, 0.15) is 131 Å². The molecular formula is C25H52O3. The summed E-state index contributed by atoms with van der Waals surface area (Å²) in [5.74, 6) is -0.144. The minimum Gasteiger partial charge on any atom is -0.327 e. The van der Waals surface area contributed by atoms with Crippen LogP contribution in [0.5, 0.6) is 0 Å². The maximum Gasteiger partial charge on any atom is 0.283 e. The lowest BCUT2D eigenvalue weighted by Gasteiger charge is -2.36. The van der Waals surface area contributed by atoms with Crippen molar-refractivity contribution >= 4 is 0 Å². The Hall–Kier alpha value is -0.120. The molecule has 0 rings (SSSR count). The summed E-state index contributed by atoms with van der Waals surface area (Å²) in [7, 11) is 0. The number of hydrogen-bond donors (Lipinski definition) is 0. The molecule has 0 saturated heterocycles. The Morgan fingerprint density at radius 2 is 1.11 bits per heavy atom. The van der Waals surface area contributed by atoms with E-state index in [0.717, 1.165) is 45.3 Å². The van der Waals surface area contributed by atoms with Crippen LogP contribution in [0.2, 0.25) is 0 Å². The molecule has 170 valence electrons. The summed E-state index contributed by atoms with van der Waals surface area (Å²) in [6.45, 7) is 14.9. The van der Waals surface area contributed by atoms with Gasteiger partial charge in [-0.2, -0.15) is 0 Å². The van der Waals surface area contributed by atoms with E-state index in [2.05, 4.69) is 41.5 Å². The average molecular weight is 401 g/mol. The van der Waals surface area contributed by atoms with E-state index < -0.39 is 5.97 Å². The Balaban J connectivity index is 4.91. The van der Waals surface area contributed by atoms with Crippen LogP contribution in [0.15, 0.2) is 0 Å². The van der Waals surface area contributed by atoms with Crippen LogP contribution in [-0.4, -0.2) is 25.3 Å². The van der Waals surface area contributed by atoms with Gasteiger partial charge in [0.05, 0.1) is 19.3 Å². The zero-order chi connectivity index (χ0) is 21.1. The highest BCUT2D eigenvalue weighted by molar-refractivity contribution is 4.65. The molecule has 0 heterocycles. The minimum atomic E-state index is -0.843. The molecule has 0 saturated carbocycles. The van der Waals surface area contributed by atoms with Gasteiger partial charge in [0.2, 0.25) is 0 Å². The first-order valence-electron chi connectivity index (χ1n) is 12.4. The second kappa shape index (κ2) is 18.9. The van der Waals surface area contributed by atoms with Gasteiger partial charge in [-0.25, -0.2) is 0 Å². The molecule has 2 unspecified atom stereocenters. The molecule has 2 atom stereocenters. The van der Waals surface area contributed by atoms with Crippen molar-refractivity contribution in [1.29, 1.82) is 0 Å². The molecule has 3 nitrogen and oxygen atoms in total. The molecule has 0 aromatic heterocycles. The van der Waals surface area contributed by atoms with Crippen molar-refractivity contribution in [2.45, 2.75) is 144 Å². The number of rotatable bonds is 21. The van der Waals surface area contributed by atoms with Crippen LogP contribution in [0.25, 0.3) is 0 Å². The molecule has 0 radical (unpaired) electrons. The number of ether oxygens (including phenoxy) is 3. The monoisotopic (exact) mass is 400 g/mol. The fraction of sp³-hybridized carbons (Fsp3) is 1.00. The molecule has 0 aliphatic carbocycles. The third-order valence-corrected chi connectivity index (χ3v) is 5.26.